The Morgan fingerprint density at radius 1 is 1.00 bits per heavy atom. The topological polar surface area (TPSA) is 39.2 Å². The third-order valence-electron chi connectivity index (χ3n) is 2.30. The molecule has 0 aromatic carbocycles. The van der Waals surface area contributed by atoms with Crippen LogP contribution in [0.5, 0.6) is 0 Å². The number of aromatic nitrogens is 1. The van der Waals surface area contributed by atoms with Crippen molar-refractivity contribution >= 4 is 82.2 Å². The number of furan rings is 2. The average molecular weight is 669 g/mol. The van der Waals surface area contributed by atoms with Crippen LogP contribution in [0.15, 0.2) is 45.6 Å². The second-order valence-corrected chi connectivity index (χ2v) is 22.1. The van der Waals surface area contributed by atoms with Crippen molar-refractivity contribution < 1.29 is 22.1 Å². The van der Waals surface area contributed by atoms with Gasteiger partial charge in [-0.3, -0.25) is 0 Å². The summed E-state index contributed by atoms with van der Waals surface area (Å²) in [5.74, 6) is 1.65. The third-order valence-corrected chi connectivity index (χ3v) is 4.45. The number of hydrogen-bond donors (Lipinski definition) is 0. The summed E-state index contributed by atoms with van der Waals surface area (Å²) in [5, 5.41) is 1.92. The molecule has 0 saturated carbocycles. The van der Waals surface area contributed by atoms with Crippen LogP contribution in [-0.2, 0) is 0 Å². The number of rotatable bonds is 4. The standard InChI is InChI=1S/C14H10NO2S2.I3/c1-3-11(16-9-1)5-7-13-15-14(19-18-13)8-6-12-4-2-10-17-12;1-3-2/h1-10H;/q+1;-1/b7-5+,8-6+;. The molecule has 3 nitrogen and oxygen atoms in total. The molecule has 0 unspecified atom stereocenters. The van der Waals surface area contributed by atoms with Gasteiger partial charge >= 0.3 is 65.8 Å². The fourth-order valence-electron chi connectivity index (χ4n) is 1.44. The van der Waals surface area contributed by atoms with Gasteiger partial charge in [-0.05, 0) is 42.5 Å². The Morgan fingerprint density at radius 3 is 2.14 bits per heavy atom. The normalized spacial score (nSPS) is 11.2. The summed E-state index contributed by atoms with van der Waals surface area (Å²) in [6, 6.07) is 7.54. The predicted molar refractivity (Wildman–Crippen MR) is 108 cm³/mol. The van der Waals surface area contributed by atoms with Crippen LogP contribution in [0.2, 0.25) is 0 Å². The molecule has 0 spiro atoms. The van der Waals surface area contributed by atoms with E-state index >= 15 is 0 Å². The molecule has 3 aromatic rings. The summed E-state index contributed by atoms with van der Waals surface area (Å²) >= 11 is 5.30. The summed E-state index contributed by atoms with van der Waals surface area (Å²) < 4.78 is 10.5. The summed E-state index contributed by atoms with van der Waals surface area (Å²) in [6.07, 6.45) is 11.0. The first-order valence-corrected chi connectivity index (χ1v) is 20.6. The van der Waals surface area contributed by atoms with Crippen LogP contribution in [0.1, 0.15) is 21.5 Å². The zero-order chi connectivity index (χ0) is 15.6. The van der Waals surface area contributed by atoms with Gasteiger partial charge < -0.3 is 8.83 Å². The maximum atomic E-state index is 5.23. The van der Waals surface area contributed by atoms with Crippen molar-refractivity contribution in [2.24, 2.45) is 0 Å². The second kappa shape index (κ2) is 10.9. The summed E-state index contributed by atoms with van der Waals surface area (Å²) in [4.78, 5) is 4.49. The zero-order valence-electron chi connectivity index (χ0n) is 11.0. The van der Waals surface area contributed by atoms with Crippen molar-refractivity contribution in [1.82, 2.24) is 4.98 Å². The maximum absolute atomic E-state index is 5.23. The summed E-state index contributed by atoms with van der Waals surface area (Å²) in [5.41, 5.74) is 0. The molecule has 0 saturated heterocycles. The second-order valence-electron chi connectivity index (χ2n) is 3.71. The van der Waals surface area contributed by atoms with Crippen molar-refractivity contribution in [1.29, 1.82) is 0 Å². The molecular formula is C14H10I3NO2S2. The van der Waals surface area contributed by atoms with Crippen LogP contribution in [-0.4, -0.2) is 4.98 Å². The van der Waals surface area contributed by atoms with Crippen molar-refractivity contribution in [2.75, 3.05) is 0 Å². The molecule has 22 heavy (non-hydrogen) atoms. The molecule has 8 heteroatoms. The summed E-state index contributed by atoms with van der Waals surface area (Å²) in [7, 11) is 3.26. The first-order valence-electron chi connectivity index (χ1n) is 5.92. The number of halogens is 3. The fourth-order valence-corrected chi connectivity index (χ4v) is 3.26. The van der Waals surface area contributed by atoms with Gasteiger partial charge in [0, 0.05) is 6.08 Å². The van der Waals surface area contributed by atoms with Crippen molar-refractivity contribution in [3.8, 4) is 0 Å². The fraction of sp³-hybridized carbons (Fsp3) is 0. The van der Waals surface area contributed by atoms with Crippen molar-refractivity contribution in [2.45, 2.75) is 0 Å². The van der Waals surface area contributed by atoms with E-state index in [1.165, 1.54) is 0 Å². The van der Waals surface area contributed by atoms with Gasteiger partial charge in [0.25, 0.3) is 0 Å². The summed E-state index contributed by atoms with van der Waals surface area (Å²) in [6.45, 7) is 0. The monoisotopic (exact) mass is 669 g/mol. The molecule has 0 atom stereocenters. The Balaban J connectivity index is 0.000000545. The van der Waals surface area contributed by atoms with E-state index < -0.39 is 0 Å². The molecule has 0 bridgehead atoms. The van der Waals surface area contributed by atoms with Crippen LogP contribution >= 0.6 is 57.9 Å². The van der Waals surface area contributed by atoms with Gasteiger partial charge in [0.15, 0.2) is 15.3 Å². The van der Waals surface area contributed by atoms with E-state index in [1.807, 2.05) is 48.6 Å². The van der Waals surface area contributed by atoms with Crippen LogP contribution in [0, 0.1) is 0 Å². The van der Waals surface area contributed by atoms with Crippen molar-refractivity contribution in [3.63, 3.8) is 0 Å². The van der Waals surface area contributed by atoms with Crippen LogP contribution in [0.25, 0.3) is 24.3 Å². The Bertz CT molecular complexity index is 648. The molecular weight excluding hydrogens is 659 g/mol. The Morgan fingerprint density at radius 2 is 1.59 bits per heavy atom. The van der Waals surface area contributed by atoms with E-state index in [0.717, 1.165) is 21.5 Å². The third kappa shape index (κ3) is 6.76. The van der Waals surface area contributed by atoms with Crippen LogP contribution in [0.4, 0.5) is 0 Å². The van der Waals surface area contributed by atoms with Crippen molar-refractivity contribution in [3.05, 3.63) is 58.3 Å². The molecule has 0 aliphatic carbocycles. The molecule has 0 fully saturated rings. The van der Waals surface area contributed by atoms with Gasteiger partial charge in [0.1, 0.15) is 11.5 Å². The Kier molecular flexibility index (Phi) is 9.18. The minimum atomic E-state index is 0.530. The van der Waals surface area contributed by atoms with Gasteiger partial charge in [-0.2, -0.15) is 4.98 Å². The minimum absolute atomic E-state index is 0.530. The molecule has 116 valence electrons. The molecule has 3 aromatic heterocycles. The van der Waals surface area contributed by atoms with Gasteiger partial charge in [-0.1, -0.05) is 0 Å². The van der Waals surface area contributed by atoms with E-state index in [9.17, 15) is 0 Å². The molecule has 0 N–H and O–H groups in total. The number of hydrogen-bond acceptors (Lipinski definition) is 4. The Hall–Kier alpha value is 0.210. The SMILES string of the molecule is C(=C\c1nc(/C=C/c2ccco2)[s+]s1)/c1ccco1.I[I-]I. The van der Waals surface area contributed by atoms with E-state index in [2.05, 4.69) is 42.2 Å². The molecule has 0 aliphatic rings. The van der Waals surface area contributed by atoms with E-state index in [0.29, 0.717) is 13.3 Å². The van der Waals surface area contributed by atoms with Gasteiger partial charge in [-0.25, -0.2) is 0 Å². The van der Waals surface area contributed by atoms with E-state index in [1.54, 1.807) is 33.2 Å². The van der Waals surface area contributed by atoms with Gasteiger partial charge in [0.2, 0.25) is 0 Å². The first-order chi connectivity index (χ1) is 10.8. The van der Waals surface area contributed by atoms with Gasteiger partial charge in [-0.15, -0.1) is 0 Å². The Labute approximate surface area is 165 Å². The molecule has 3 rings (SSSR count). The zero-order valence-corrected chi connectivity index (χ0v) is 19.1. The molecule has 0 amide bonds. The molecule has 0 radical (unpaired) electrons. The number of nitrogens with zero attached hydrogens (tertiary/aromatic N) is 1. The van der Waals surface area contributed by atoms with E-state index in [4.69, 9.17) is 8.83 Å². The average Bonchev–Trinajstić information content (AvgIpc) is 3.26. The van der Waals surface area contributed by atoms with Crippen LogP contribution < -0.4 is 13.3 Å². The van der Waals surface area contributed by atoms with E-state index in [-0.39, 0.29) is 0 Å². The quantitative estimate of drug-likeness (QED) is 0.242. The molecule has 0 aliphatic heterocycles. The predicted octanol–water partition coefficient (Wildman–Crippen LogP) is 3.79. The first kappa shape index (κ1) is 18.5. The van der Waals surface area contributed by atoms with Crippen LogP contribution in [0.3, 0.4) is 0 Å². The van der Waals surface area contributed by atoms with Gasteiger partial charge in [0.05, 0.1) is 12.5 Å². The molecule has 3 heterocycles.